The molecule has 0 bridgehead atoms. The molecule has 4 rings (SSSR count). The van der Waals surface area contributed by atoms with Crippen molar-refractivity contribution >= 4 is 11.5 Å². The van der Waals surface area contributed by atoms with Crippen molar-refractivity contribution < 1.29 is 0 Å². The normalized spacial score (nSPS) is 11.8. The van der Waals surface area contributed by atoms with Crippen LogP contribution in [0.1, 0.15) is 0 Å². The minimum absolute atomic E-state index is 0.322. The molecule has 3 heterocycles. The predicted octanol–water partition coefficient (Wildman–Crippen LogP) is 1.44. The molecule has 0 spiro atoms. The molecular formula is C14H10N6O. The lowest BCUT2D eigenvalue weighted by Gasteiger charge is -2.19. The van der Waals surface area contributed by atoms with Gasteiger partial charge in [0.05, 0.1) is 18.1 Å². The van der Waals surface area contributed by atoms with E-state index in [0.717, 1.165) is 16.9 Å². The molecule has 102 valence electrons. The molecule has 1 aliphatic heterocycles. The molecule has 0 aliphatic carbocycles. The van der Waals surface area contributed by atoms with Gasteiger partial charge in [-0.3, -0.25) is 15.6 Å². The fourth-order valence-electron chi connectivity index (χ4n) is 2.33. The summed E-state index contributed by atoms with van der Waals surface area (Å²) in [7, 11) is 0. The van der Waals surface area contributed by atoms with Crippen LogP contribution in [0.15, 0.2) is 53.6 Å². The first-order chi connectivity index (χ1) is 10.3. The molecule has 0 radical (unpaired) electrons. The molecule has 2 aromatic heterocycles. The third-order valence-corrected chi connectivity index (χ3v) is 3.31. The first-order valence-electron chi connectivity index (χ1n) is 6.36. The second-order valence-electron chi connectivity index (χ2n) is 4.53. The van der Waals surface area contributed by atoms with Crippen molar-refractivity contribution in [2.45, 2.75) is 0 Å². The van der Waals surface area contributed by atoms with Gasteiger partial charge in [0, 0.05) is 5.56 Å². The second-order valence-corrected chi connectivity index (χ2v) is 4.53. The quantitative estimate of drug-likeness (QED) is 0.700. The number of anilines is 2. The third kappa shape index (κ3) is 1.75. The molecule has 2 N–H and O–H groups in total. The Morgan fingerprint density at radius 2 is 1.90 bits per heavy atom. The van der Waals surface area contributed by atoms with Gasteiger partial charge in [-0.25, -0.2) is 4.68 Å². The number of hydrazine groups is 1. The third-order valence-electron chi connectivity index (χ3n) is 3.31. The molecule has 7 heteroatoms. The number of rotatable bonds is 1. The monoisotopic (exact) mass is 278 g/mol. The van der Waals surface area contributed by atoms with Crippen molar-refractivity contribution in [3.8, 4) is 16.8 Å². The summed E-state index contributed by atoms with van der Waals surface area (Å²) in [6, 6.07) is 11.6. The Hall–Kier alpha value is -3.22. The van der Waals surface area contributed by atoms with E-state index in [1.54, 1.807) is 16.9 Å². The van der Waals surface area contributed by atoms with E-state index in [4.69, 9.17) is 0 Å². The van der Waals surface area contributed by atoms with E-state index < -0.39 is 5.56 Å². The van der Waals surface area contributed by atoms with E-state index in [-0.39, 0.29) is 0 Å². The molecular weight excluding hydrogens is 268 g/mol. The number of benzene rings is 1. The molecule has 7 nitrogen and oxygen atoms in total. The number of fused-ring (bicyclic) bond motifs is 3. The van der Waals surface area contributed by atoms with Gasteiger partial charge in [0.2, 0.25) is 0 Å². The summed E-state index contributed by atoms with van der Waals surface area (Å²) in [6.45, 7) is 0. The zero-order valence-corrected chi connectivity index (χ0v) is 10.8. The van der Waals surface area contributed by atoms with Crippen LogP contribution in [0.4, 0.5) is 11.5 Å². The predicted molar refractivity (Wildman–Crippen MR) is 78.1 cm³/mol. The summed E-state index contributed by atoms with van der Waals surface area (Å²) in [4.78, 5) is 11.8. The van der Waals surface area contributed by atoms with Crippen LogP contribution >= 0.6 is 0 Å². The smallest absolute Gasteiger partial charge is 0.292 e. The molecule has 0 fully saturated rings. The number of nitrogens with zero attached hydrogens (tertiary/aromatic N) is 4. The minimum Gasteiger partial charge on any atom is -0.292 e. The van der Waals surface area contributed by atoms with Crippen LogP contribution in [0.25, 0.3) is 16.8 Å². The Balaban J connectivity index is 1.96. The summed E-state index contributed by atoms with van der Waals surface area (Å²) < 4.78 is 1.67. The molecule has 1 aliphatic rings. The average Bonchev–Trinajstić information content (AvgIpc) is 2.87. The Morgan fingerprint density at radius 1 is 1.05 bits per heavy atom. The lowest BCUT2D eigenvalue weighted by Crippen LogP contribution is -2.25. The van der Waals surface area contributed by atoms with Gasteiger partial charge in [-0.1, -0.05) is 30.3 Å². The zero-order chi connectivity index (χ0) is 14.2. The lowest BCUT2D eigenvalue weighted by atomic mass is 10.1. The van der Waals surface area contributed by atoms with Crippen molar-refractivity contribution in [1.82, 2.24) is 20.0 Å². The molecule has 21 heavy (non-hydrogen) atoms. The van der Waals surface area contributed by atoms with E-state index in [0.29, 0.717) is 11.4 Å². The summed E-state index contributed by atoms with van der Waals surface area (Å²) in [5.41, 5.74) is 8.35. The van der Waals surface area contributed by atoms with Crippen LogP contribution in [-0.4, -0.2) is 20.0 Å². The topological polar surface area (TPSA) is 84.7 Å². The summed E-state index contributed by atoms with van der Waals surface area (Å²) in [5, 5.41) is 11.6. The fourth-order valence-corrected chi connectivity index (χ4v) is 2.33. The van der Waals surface area contributed by atoms with E-state index in [2.05, 4.69) is 26.1 Å². The zero-order valence-electron chi connectivity index (χ0n) is 10.8. The van der Waals surface area contributed by atoms with Crippen LogP contribution in [0.3, 0.4) is 0 Å². The maximum atomic E-state index is 11.8. The summed E-state index contributed by atoms with van der Waals surface area (Å²) in [6.07, 6.45) is 3.23. The second kappa shape index (κ2) is 4.41. The summed E-state index contributed by atoms with van der Waals surface area (Å²) >= 11 is 0. The van der Waals surface area contributed by atoms with Gasteiger partial charge in [-0.15, -0.1) is 5.10 Å². The first-order valence-corrected chi connectivity index (χ1v) is 6.36. The Morgan fingerprint density at radius 3 is 2.76 bits per heavy atom. The summed E-state index contributed by atoms with van der Waals surface area (Å²) in [5.74, 6) is 0.763. The van der Waals surface area contributed by atoms with Crippen molar-refractivity contribution in [3.05, 3.63) is 59.1 Å². The van der Waals surface area contributed by atoms with Crippen molar-refractivity contribution in [3.63, 3.8) is 0 Å². The molecule has 1 aromatic carbocycles. The van der Waals surface area contributed by atoms with Gasteiger partial charge >= 0.3 is 5.56 Å². The van der Waals surface area contributed by atoms with Crippen LogP contribution < -0.4 is 16.4 Å². The molecule has 0 unspecified atom stereocenters. The fraction of sp³-hybridized carbons (Fsp3) is 0. The molecule has 0 saturated heterocycles. The van der Waals surface area contributed by atoms with Crippen LogP contribution in [0.2, 0.25) is 0 Å². The Bertz CT molecular complexity index is 874. The van der Waals surface area contributed by atoms with E-state index in [1.807, 2.05) is 30.3 Å². The number of hydrogen-bond acceptors (Lipinski definition) is 6. The van der Waals surface area contributed by atoms with Gasteiger partial charge in [0.1, 0.15) is 5.69 Å². The van der Waals surface area contributed by atoms with Gasteiger partial charge in [0.25, 0.3) is 0 Å². The highest BCUT2D eigenvalue weighted by Crippen LogP contribution is 2.33. The highest BCUT2D eigenvalue weighted by Gasteiger charge is 2.21. The number of nitrogens with one attached hydrogen (secondary N) is 2. The first kappa shape index (κ1) is 11.6. The van der Waals surface area contributed by atoms with Gasteiger partial charge in [-0.05, 0) is 11.6 Å². The molecule has 0 amide bonds. The number of hydrogen-bond donors (Lipinski definition) is 2. The van der Waals surface area contributed by atoms with Crippen LogP contribution in [-0.2, 0) is 0 Å². The minimum atomic E-state index is -0.440. The standard InChI is InChI=1S/C14H10N6O/c21-14-12-11(6-7-15-19-14)20-13(18-17-12)10(8-16-20)9-4-2-1-3-5-9/h1-8,17-18H. The van der Waals surface area contributed by atoms with Crippen LogP contribution in [0.5, 0.6) is 0 Å². The molecule has 3 aromatic rings. The Labute approximate surface area is 119 Å². The molecule has 0 saturated carbocycles. The largest absolute Gasteiger partial charge is 0.315 e. The maximum Gasteiger partial charge on any atom is 0.315 e. The van der Waals surface area contributed by atoms with Crippen molar-refractivity contribution in [2.75, 3.05) is 10.9 Å². The van der Waals surface area contributed by atoms with E-state index in [9.17, 15) is 4.79 Å². The Kier molecular flexibility index (Phi) is 2.43. The van der Waals surface area contributed by atoms with Crippen LogP contribution in [0, 0.1) is 0 Å². The van der Waals surface area contributed by atoms with Crippen molar-refractivity contribution in [1.29, 1.82) is 0 Å². The highest BCUT2D eigenvalue weighted by molar-refractivity contribution is 5.80. The molecule has 0 atom stereocenters. The van der Waals surface area contributed by atoms with E-state index >= 15 is 0 Å². The van der Waals surface area contributed by atoms with Gasteiger partial charge < -0.3 is 0 Å². The number of aromatic nitrogens is 4. The van der Waals surface area contributed by atoms with Gasteiger partial charge in [-0.2, -0.15) is 10.2 Å². The van der Waals surface area contributed by atoms with Gasteiger partial charge in [0.15, 0.2) is 5.82 Å². The lowest BCUT2D eigenvalue weighted by molar-refractivity contribution is 0.871. The van der Waals surface area contributed by atoms with E-state index in [1.165, 1.54) is 6.20 Å². The SMILES string of the molecule is O=c1nnccc2c1NNc1c(-c3ccccc3)cnn1-2. The maximum absolute atomic E-state index is 11.8. The van der Waals surface area contributed by atoms with Crippen molar-refractivity contribution in [2.24, 2.45) is 0 Å². The highest BCUT2D eigenvalue weighted by atomic mass is 16.1. The average molecular weight is 278 g/mol.